The zero-order chi connectivity index (χ0) is 23.7. The molecular formula is C27H24FNO4. The highest BCUT2D eigenvalue weighted by Crippen LogP contribution is 2.43. The Bertz CT molecular complexity index is 1260. The van der Waals surface area contributed by atoms with Gasteiger partial charge in [-0.1, -0.05) is 29.8 Å². The van der Waals surface area contributed by atoms with Crippen molar-refractivity contribution < 1.29 is 23.8 Å². The summed E-state index contributed by atoms with van der Waals surface area (Å²) in [5.74, 6) is -1.74. The largest absolute Gasteiger partial charge is 0.507 e. The fraction of sp³-hybridized carbons (Fsp3) is 0.185. The minimum absolute atomic E-state index is 0.0553. The predicted molar refractivity (Wildman–Crippen MR) is 125 cm³/mol. The summed E-state index contributed by atoms with van der Waals surface area (Å²) < 4.78 is 19.4. The number of aryl methyl sites for hydroxylation is 2. The molecule has 0 bridgehead atoms. The summed E-state index contributed by atoms with van der Waals surface area (Å²) in [4.78, 5) is 27.8. The first-order chi connectivity index (χ1) is 15.8. The van der Waals surface area contributed by atoms with Gasteiger partial charge in [0.15, 0.2) is 0 Å². The van der Waals surface area contributed by atoms with Crippen LogP contribution in [0.25, 0.3) is 5.76 Å². The van der Waals surface area contributed by atoms with E-state index in [1.54, 1.807) is 43.3 Å². The number of nitrogens with zero attached hydrogens (tertiary/aromatic N) is 1. The van der Waals surface area contributed by atoms with Crippen LogP contribution in [0.3, 0.4) is 0 Å². The van der Waals surface area contributed by atoms with Crippen LogP contribution in [0.5, 0.6) is 5.75 Å². The van der Waals surface area contributed by atoms with Crippen LogP contribution in [0.1, 0.15) is 35.2 Å². The molecule has 1 aliphatic rings. The molecule has 1 aliphatic heterocycles. The second-order valence-corrected chi connectivity index (χ2v) is 7.97. The van der Waals surface area contributed by atoms with Crippen molar-refractivity contribution in [3.8, 4) is 5.75 Å². The van der Waals surface area contributed by atoms with Gasteiger partial charge in [-0.2, -0.15) is 0 Å². The maximum atomic E-state index is 13.8. The van der Waals surface area contributed by atoms with Crippen molar-refractivity contribution in [2.24, 2.45) is 0 Å². The minimum Gasteiger partial charge on any atom is -0.507 e. The van der Waals surface area contributed by atoms with E-state index in [2.05, 4.69) is 0 Å². The summed E-state index contributed by atoms with van der Waals surface area (Å²) in [7, 11) is 0. The second-order valence-electron chi connectivity index (χ2n) is 7.97. The van der Waals surface area contributed by atoms with Crippen molar-refractivity contribution in [2.75, 3.05) is 11.5 Å². The van der Waals surface area contributed by atoms with E-state index in [1.807, 2.05) is 26.0 Å². The number of anilines is 1. The average Bonchev–Trinajstić information content (AvgIpc) is 3.07. The number of carbonyl (C=O) groups excluding carboxylic acids is 2. The number of hydrogen-bond donors (Lipinski definition) is 1. The molecule has 0 spiro atoms. The van der Waals surface area contributed by atoms with Crippen LogP contribution in [-0.2, 0) is 9.59 Å². The summed E-state index contributed by atoms with van der Waals surface area (Å²) in [6.07, 6.45) is 0. The quantitative estimate of drug-likeness (QED) is 0.321. The van der Waals surface area contributed by atoms with Crippen molar-refractivity contribution in [1.82, 2.24) is 0 Å². The molecule has 6 heteroatoms. The number of amides is 1. The topological polar surface area (TPSA) is 66.8 Å². The third-order valence-corrected chi connectivity index (χ3v) is 5.67. The van der Waals surface area contributed by atoms with Gasteiger partial charge in [-0.25, -0.2) is 4.39 Å². The van der Waals surface area contributed by atoms with Crippen LogP contribution in [0.4, 0.5) is 10.1 Å². The smallest absolute Gasteiger partial charge is 0.300 e. The monoisotopic (exact) mass is 445 g/mol. The summed E-state index contributed by atoms with van der Waals surface area (Å²) in [6, 6.07) is 17.5. The first-order valence-corrected chi connectivity index (χ1v) is 10.7. The zero-order valence-corrected chi connectivity index (χ0v) is 18.6. The van der Waals surface area contributed by atoms with Gasteiger partial charge in [-0.15, -0.1) is 0 Å². The maximum Gasteiger partial charge on any atom is 0.300 e. The molecule has 3 aromatic carbocycles. The van der Waals surface area contributed by atoms with E-state index in [1.165, 1.54) is 23.1 Å². The number of benzene rings is 3. The Morgan fingerprint density at radius 1 is 1.03 bits per heavy atom. The molecule has 1 unspecified atom stereocenters. The van der Waals surface area contributed by atoms with Crippen LogP contribution < -0.4 is 9.64 Å². The van der Waals surface area contributed by atoms with E-state index in [0.717, 1.165) is 5.56 Å². The highest BCUT2D eigenvalue weighted by molar-refractivity contribution is 6.51. The molecule has 1 saturated heterocycles. The van der Waals surface area contributed by atoms with E-state index >= 15 is 0 Å². The highest BCUT2D eigenvalue weighted by atomic mass is 19.1. The van der Waals surface area contributed by atoms with Crippen LogP contribution in [0.15, 0.2) is 72.3 Å². The van der Waals surface area contributed by atoms with Gasteiger partial charge in [-0.3, -0.25) is 14.5 Å². The zero-order valence-electron chi connectivity index (χ0n) is 18.6. The Hall–Kier alpha value is -3.93. The third-order valence-electron chi connectivity index (χ3n) is 5.67. The molecule has 3 aromatic rings. The fourth-order valence-corrected chi connectivity index (χ4v) is 4.01. The van der Waals surface area contributed by atoms with Gasteiger partial charge in [0.2, 0.25) is 0 Å². The van der Waals surface area contributed by atoms with Gasteiger partial charge < -0.3 is 9.84 Å². The molecule has 1 fully saturated rings. The lowest BCUT2D eigenvalue weighted by atomic mass is 9.94. The first kappa shape index (κ1) is 22.3. The van der Waals surface area contributed by atoms with E-state index < -0.39 is 23.5 Å². The Morgan fingerprint density at radius 2 is 1.76 bits per heavy atom. The van der Waals surface area contributed by atoms with Crippen molar-refractivity contribution >= 4 is 23.1 Å². The van der Waals surface area contributed by atoms with Crippen molar-refractivity contribution in [2.45, 2.75) is 26.8 Å². The number of Topliss-reactive ketones (excluding diaryl/α,β-unsaturated/α-hetero) is 1. The molecule has 1 N–H and O–H groups in total. The van der Waals surface area contributed by atoms with Gasteiger partial charge in [0.25, 0.3) is 11.7 Å². The standard InChI is InChI=1S/C27H24FNO4/c1-4-33-21-7-5-6-18(15-21)24-23(25(30)19-10-13-22(28)17(3)14-19)26(31)27(32)29(24)20-11-8-16(2)9-12-20/h5-15,24,30H,4H2,1-3H3/b25-23-. The molecule has 1 atom stereocenters. The predicted octanol–water partition coefficient (Wildman–Crippen LogP) is 5.47. The lowest BCUT2D eigenvalue weighted by Gasteiger charge is -2.26. The number of halogens is 1. The number of hydrogen-bond acceptors (Lipinski definition) is 4. The molecule has 1 amide bonds. The van der Waals surface area contributed by atoms with Gasteiger partial charge in [-0.05, 0) is 74.4 Å². The Balaban J connectivity index is 1.94. The van der Waals surface area contributed by atoms with E-state index in [-0.39, 0.29) is 16.9 Å². The molecule has 5 nitrogen and oxygen atoms in total. The van der Waals surface area contributed by atoms with E-state index in [0.29, 0.717) is 29.2 Å². The first-order valence-electron chi connectivity index (χ1n) is 10.7. The lowest BCUT2D eigenvalue weighted by molar-refractivity contribution is -0.132. The number of carbonyl (C=O) groups is 2. The van der Waals surface area contributed by atoms with Crippen molar-refractivity contribution in [1.29, 1.82) is 0 Å². The SMILES string of the molecule is CCOc1cccc(C2/C(=C(/O)c3ccc(F)c(C)c3)C(=O)C(=O)N2c2ccc(C)cc2)c1. The van der Waals surface area contributed by atoms with Gasteiger partial charge in [0, 0.05) is 11.3 Å². The summed E-state index contributed by atoms with van der Waals surface area (Å²) >= 11 is 0. The highest BCUT2D eigenvalue weighted by Gasteiger charge is 2.47. The lowest BCUT2D eigenvalue weighted by Crippen LogP contribution is -2.29. The molecule has 0 saturated carbocycles. The van der Waals surface area contributed by atoms with Gasteiger partial charge in [0.1, 0.15) is 17.3 Å². The second kappa shape index (κ2) is 8.90. The minimum atomic E-state index is -0.876. The van der Waals surface area contributed by atoms with E-state index in [9.17, 15) is 19.1 Å². The third kappa shape index (κ3) is 4.12. The summed E-state index contributed by atoms with van der Waals surface area (Å²) in [5.41, 5.74) is 2.68. The Kier molecular flexibility index (Phi) is 6.01. The maximum absolute atomic E-state index is 13.8. The number of aliphatic hydroxyl groups excluding tert-OH is 1. The van der Waals surface area contributed by atoms with E-state index in [4.69, 9.17) is 4.74 Å². The molecule has 4 rings (SSSR count). The molecule has 1 heterocycles. The Morgan fingerprint density at radius 3 is 2.42 bits per heavy atom. The van der Waals surface area contributed by atoms with Crippen LogP contribution in [-0.4, -0.2) is 23.4 Å². The number of ketones is 1. The normalized spacial score (nSPS) is 17.5. The molecule has 33 heavy (non-hydrogen) atoms. The van der Waals surface area contributed by atoms with Crippen LogP contribution in [0, 0.1) is 19.7 Å². The van der Waals surface area contributed by atoms with Crippen molar-refractivity contribution in [3.05, 3.63) is 100 Å². The van der Waals surface area contributed by atoms with Crippen LogP contribution in [0.2, 0.25) is 0 Å². The number of aliphatic hydroxyl groups is 1. The van der Waals surface area contributed by atoms with Crippen LogP contribution >= 0.6 is 0 Å². The molecule has 168 valence electrons. The average molecular weight is 445 g/mol. The van der Waals surface area contributed by atoms with Gasteiger partial charge in [0.05, 0.1) is 18.2 Å². The molecular weight excluding hydrogens is 421 g/mol. The molecule has 0 radical (unpaired) electrons. The molecule has 0 aliphatic carbocycles. The Labute approximate surface area is 191 Å². The number of rotatable bonds is 5. The van der Waals surface area contributed by atoms with Crippen molar-refractivity contribution in [3.63, 3.8) is 0 Å². The van der Waals surface area contributed by atoms with Gasteiger partial charge >= 0.3 is 0 Å². The summed E-state index contributed by atoms with van der Waals surface area (Å²) in [6.45, 7) is 5.82. The molecule has 0 aromatic heterocycles. The fourth-order valence-electron chi connectivity index (χ4n) is 4.01. The number of ether oxygens (including phenoxy) is 1. The summed E-state index contributed by atoms with van der Waals surface area (Å²) in [5, 5.41) is 11.2.